The SMILES string of the molecule is Cc1cc(C(=O)NC(C)C(=O)NCc2ccco2)cc(C)c1OCC(=O)O. The fraction of sp³-hybridized carbons (Fsp3) is 0.316. The molecule has 0 bridgehead atoms. The minimum absolute atomic E-state index is 0.236. The molecule has 0 aliphatic rings. The summed E-state index contributed by atoms with van der Waals surface area (Å²) in [5, 5.41) is 14.0. The van der Waals surface area contributed by atoms with Crippen LogP contribution in [-0.2, 0) is 16.1 Å². The third-order valence-corrected chi connectivity index (χ3v) is 3.82. The maximum atomic E-state index is 12.4. The molecule has 1 atom stereocenters. The van der Waals surface area contributed by atoms with Crippen LogP contribution in [0.5, 0.6) is 5.75 Å². The number of carboxylic acids is 1. The lowest BCUT2D eigenvalue weighted by molar-refractivity contribution is -0.139. The van der Waals surface area contributed by atoms with Crippen molar-refractivity contribution >= 4 is 17.8 Å². The molecule has 2 aromatic rings. The van der Waals surface area contributed by atoms with Gasteiger partial charge in [0.15, 0.2) is 6.61 Å². The predicted molar refractivity (Wildman–Crippen MR) is 96.5 cm³/mol. The first kappa shape index (κ1) is 20.0. The number of nitrogens with one attached hydrogen (secondary N) is 2. The summed E-state index contributed by atoms with van der Waals surface area (Å²) in [6.45, 7) is 4.81. The topological polar surface area (TPSA) is 118 Å². The molecule has 1 unspecified atom stereocenters. The molecule has 8 heteroatoms. The summed E-state index contributed by atoms with van der Waals surface area (Å²) in [4.78, 5) is 35.2. The van der Waals surface area contributed by atoms with Gasteiger partial charge in [0.1, 0.15) is 17.6 Å². The molecule has 1 heterocycles. The van der Waals surface area contributed by atoms with Gasteiger partial charge < -0.3 is 24.9 Å². The summed E-state index contributed by atoms with van der Waals surface area (Å²) in [5.41, 5.74) is 1.63. The summed E-state index contributed by atoms with van der Waals surface area (Å²) in [6, 6.07) is 5.90. The van der Waals surface area contributed by atoms with Gasteiger partial charge in [0, 0.05) is 5.56 Å². The molecule has 144 valence electrons. The van der Waals surface area contributed by atoms with Gasteiger partial charge in [-0.15, -0.1) is 0 Å². The van der Waals surface area contributed by atoms with E-state index in [0.29, 0.717) is 28.2 Å². The molecule has 0 spiro atoms. The molecule has 0 radical (unpaired) electrons. The Morgan fingerprint density at radius 2 is 1.89 bits per heavy atom. The van der Waals surface area contributed by atoms with Crippen molar-refractivity contribution in [1.82, 2.24) is 10.6 Å². The largest absolute Gasteiger partial charge is 0.481 e. The number of hydrogen-bond acceptors (Lipinski definition) is 5. The van der Waals surface area contributed by atoms with Crippen LogP contribution in [0, 0.1) is 13.8 Å². The van der Waals surface area contributed by atoms with Crippen LogP contribution >= 0.6 is 0 Å². The Morgan fingerprint density at radius 3 is 2.44 bits per heavy atom. The lowest BCUT2D eigenvalue weighted by Gasteiger charge is -2.16. The fourth-order valence-corrected chi connectivity index (χ4v) is 2.53. The molecule has 0 aliphatic carbocycles. The molecular formula is C19H22N2O6. The molecule has 0 saturated heterocycles. The zero-order chi connectivity index (χ0) is 20.0. The maximum absolute atomic E-state index is 12.4. The van der Waals surface area contributed by atoms with E-state index in [0.717, 1.165) is 0 Å². The first-order valence-electron chi connectivity index (χ1n) is 8.34. The lowest BCUT2D eigenvalue weighted by atomic mass is 10.0. The highest BCUT2D eigenvalue weighted by Gasteiger charge is 2.18. The number of ether oxygens (including phenoxy) is 1. The zero-order valence-electron chi connectivity index (χ0n) is 15.4. The first-order chi connectivity index (χ1) is 12.8. The van der Waals surface area contributed by atoms with Gasteiger partial charge in [-0.2, -0.15) is 0 Å². The van der Waals surface area contributed by atoms with Crippen molar-refractivity contribution in [3.63, 3.8) is 0 Å². The second-order valence-electron chi connectivity index (χ2n) is 6.11. The quantitative estimate of drug-likeness (QED) is 0.648. The van der Waals surface area contributed by atoms with Gasteiger partial charge >= 0.3 is 5.97 Å². The Morgan fingerprint density at radius 1 is 1.22 bits per heavy atom. The number of furan rings is 1. The third kappa shape index (κ3) is 5.60. The van der Waals surface area contributed by atoms with Crippen LogP contribution in [0.1, 0.15) is 34.2 Å². The molecule has 0 aliphatic heterocycles. The normalized spacial score (nSPS) is 11.5. The number of hydrogen-bond donors (Lipinski definition) is 3. The number of rotatable bonds is 8. The summed E-state index contributed by atoms with van der Waals surface area (Å²) in [7, 11) is 0. The summed E-state index contributed by atoms with van der Waals surface area (Å²) < 4.78 is 10.4. The van der Waals surface area contributed by atoms with Crippen molar-refractivity contribution in [2.75, 3.05) is 6.61 Å². The van der Waals surface area contributed by atoms with E-state index in [-0.39, 0.29) is 12.5 Å². The van der Waals surface area contributed by atoms with Crippen LogP contribution in [0.4, 0.5) is 0 Å². The van der Waals surface area contributed by atoms with Gasteiger partial charge in [-0.1, -0.05) is 0 Å². The number of carbonyl (C=O) groups is 3. The van der Waals surface area contributed by atoms with Gasteiger partial charge in [0.05, 0.1) is 12.8 Å². The Hall–Kier alpha value is -3.29. The highest BCUT2D eigenvalue weighted by Crippen LogP contribution is 2.24. The number of carboxylic acid groups (broad SMARTS) is 1. The Balaban J connectivity index is 1.97. The van der Waals surface area contributed by atoms with Crippen molar-refractivity contribution in [2.24, 2.45) is 0 Å². The number of amides is 2. The molecule has 0 saturated carbocycles. The summed E-state index contributed by atoms with van der Waals surface area (Å²) >= 11 is 0. The molecule has 1 aromatic carbocycles. The van der Waals surface area contributed by atoms with Crippen LogP contribution < -0.4 is 15.4 Å². The predicted octanol–water partition coefficient (Wildman–Crippen LogP) is 1.79. The van der Waals surface area contributed by atoms with E-state index in [2.05, 4.69) is 10.6 Å². The molecule has 3 N–H and O–H groups in total. The van der Waals surface area contributed by atoms with E-state index in [1.54, 1.807) is 45.0 Å². The Kier molecular flexibility index (Phi) is 6.59. The van der Waals surface area contributed by atoms with E-state index in [4.69, 9.17) is 14.3 Å². The van der Waals surface area contributed by atoms with E-state index >= 15 is 0 Å². The average Bonchev–Trinajstić information content (AvgIpc) is 3.11. The summed E-state index contributed by atoms with van der Waals surface area (Å²) in [6.07, 6.45) is 1.52. The number of benzene rings is 1. The van der Waals surface area contributed by atoms with Crippen LogP contribution in [0.15, 0.2) is 34.9 Å². The van der Waals surface area contributed by atoms with Crippen LogP contribution in [0.25, 0.3) is 0 Å². The lowest BCUT2D eigenvalue weighted by Crippen LogP contribution is -2.44. The molecule has 8 nitrogen and oxygen atoms in total. The van der Waals surface area contributed by atoms with Gasteiger partial charge in [-0.25, -0.2) is 4.79 Å². The van der Waals surface area contributed by atoms with Crippen LogP contribution in [0.3, 0.4) is 0 Å². The third-order valence-electron chi connectivity index (χ3n) is 3.82. The van der Waals surface area contributed by atoms with Gasteiger partial charge in [0.25, 0.3) is 5.91 Å². The summed E-state index contributed by atoms with van der Waals surface area (Å²) in [5.74, 6) is -0.783. The molecule has 1 aromatic heterocycles. The fourth-order valence-electron chi connectivity index (χ4n) is 2.53. The van der Waals surface area contributed by atoms with Crippen molar-refractivity contribution in [3.8, 4) is 5.75 Å². The first-order valence-corrected chi connectivity index (χ1v) is 8.34. The van der Waals surface area contributed by atoms with Crippen LogP contribution in [0.2, 0.25) is 0 Å². The van der Waals surface area contributed by atoms with Crippen molar-refractivity contribution in [1.29, 1.82) is 0 Å². The van der Waals surface area contributed by atoms with Crippen molar-refractivity contribution in [3.05, 3.63) is 53.0 Å². The molecule has 2 amide bonds. The molecule has 27 heavy (non-hydrogen) atoms. The standard InChI is InChI=1S/C19H22N2O6/c1-11-7-14(8-12(2)17(11)27-10-16(22)23)19(25)21-13(3)18(24)20-9-15-5-4-6-26-15/h4-8,13H,9-10H2,1-3H3,(H,20,24)(H,21,25)(H,22,23). The number of aryl methyl sites for hydroxylation is 2. The van der Waals surface area contributed by atoms with E-state index in [1.807, 2.05) is 0 Å². The van der Waals surface area contributed by atoms with Gasteiger partial charge in [0.2, 0.25) is 5.91 Å². The van der Waals surface area contributed by atoms with Crippen molar-refractivity contribution < 1.29 is 28.6 Å². The number of aliphatic carboxylic acids is 1. The molecule has 0 fully saturated rings. The highest BCUT2D eigenvalue weighted by molar-refractivity contribution is 5.98. The maximum Gasteiger partial charge on any atom is 0.341 e. The highest BCUT2D eigenvalue weighted by atomic mass is 16.5. The Bertz CT molecular complexity index is 806. The minimum Gasteiger partial charge on any atom is -0.481 e. The smallest absolute Gasteiger partial charge is 0.341 e. The van der Waals surface area contributed by atoms with E-state index in [9.17, 15) is 14.4 Å². The Labute approximate surface area is 156 Å². The second kappa shape index (κ2) is 8.88. The molecular weight excluding hydrogens is 352 g/mol. The van der Waals surface area contributed by atoms with Crippen molar-refractivity contribution in [2.45, 2.75) is 33.4 Å². The number of carbonyl (C=O) groups excluding carboxylic acids is 2. The van der Waals surface area contributed by atoms with E-state index < -0.39 is 24.5 Å². The van der Waals surface area contributed by atoms with Crippen LogP contribution in [-0.4, -0.2) is 35.5 Å². The average molecular weight is 374 g/mol. The van der Waals surface area contributed by atoms with E-state index in [1.165, 1.54) is 6.26 Å². The van der Waals surface area contributed by atoms with Gasteiger partial charge in [-0.05, 0) is 56.2 Å². The zero-order valence-corrected chi connectivity index (χ0v) is 15.4. The minimum atomic E-state index is -1.08. The van der Waals surface area contributed by atoms with Gasteiger partial charge in [-0.3, -0.25) is 9.59 Å². The molecule has 2 rings (SSSR count). The monoisotopic (exact) mass is 374 g/mol. The second-order valence-corrected chi connectivity index (χ2v) is 6.11.